The molecular weight excluding hydrogens is 433 g/mol. The van der Waals surface area contributed by atoms with Gasteiger partial charge in [-0.25, -0.2) is 0 Å². The van der Waals surface area contributed by atoms with E-state index in [2.05, 4.69) is 0 Å². The topological polar surface area (TPSA) is 62.6 Å². The van der Waals surface area contributed by atoms with Gasteiger partial charge in [0.15, 0.2) is 0 Å². The molecule has 174 valence electrons. The van der Waals surface area contributed by atoms with E-state index in [0.29, 0.717) is 6.54 Å². The molecule has 8 heteroatoms. The van der Waals surface area contributed by atoms with E-state index in [4.69, 9.17) is 4.42 Å². The largest absolute Gasteiger partial charge is 0.464 e. The first-order valence-corrected chi connectivity index (χ1v) is 10.8. The van der Waals surface area contributed by atoms with Crippen LogP contribution in [0, 0.1) is 13.8 Å². The highest BCUT2D eigenvalue weighted by molar-refractivity contribution is 5.94. The Balaban J connectivity index is 1.44. The van der Waals surface area contributed by atoms with Crippen LogP contribution in [0.4, 0.5) is 13.2 Å². The number of carbonyl (C=O) groups is 2. The van der Waals surface area contributed by atoms with Crippen molar-refractivity contribution in [1.29, 1.82) is 0 Å². The number of amides is 2. The van der Waals surface area contributed by atoms with E-state index in [0.717, 1.165) is 46.1 Å². The highest BCUT2D eigenvalue weighted by Gasteiger charge is 2.33. The molecule has 1 saturated carbocycles. The lowest BCUT2D eigenvalue weighted by atomic mass is 10.0. The van der Waals surface area contributed by atoms with Gasteiger partial charge < -0.3 is 14.6 Å². The van der Waals surface area contributed by atoms with Gasteiger partial charge in [0.2, 0.25) is 5.91 Å². The molecule has 0 atom stereocenters. The lowest BCUT2D eigenvalue weighted by Gasteiger charge is -2.22. The van der Waals surface area contributed by atoms with Crippen LogP contribution in [0.1, 0.15) is 45.5 Å². The molecule has 2 amide bonds. The molecule has 1 heterocycles. The monoisotopic (exact) mass is 458 g/mol. The van der Waals surface area contributed by atoms with Gasteiger partial charge in [-0.1, -0.05) is 24.3 Å². The standard InChI is InChI=1S/C25H25F3N2O3/c1-15-3-10-21-19(13-33-23(21)16(15)2)11-22(31)30(20-8-9-20)12-17-4-6-18(7-5-17)24(32)29-14-25(26,27)28/h3-7,10,13,20H,8-9,11-12,14H2,1-2H3,(H,29,32). The van der Waals surface area contributed by atoms with Gasteiger partial charge in [0.1, 0.15) is 12.1 Å². The summed E-state index contributed by atoms with van der Waals surface area (Å²) < 4.78 is 42.6. The number of nitrogens with zero attached hydrogens (tertiary/aromatic N) is 1. The number of halogens is 3. The van der Waals surface area contributed by atoms with Crippen LogP contribution in [-0.2, 0) is 17.8 Å². The molecule has 0 radical (unpaired) electrons. The molecule has 2 aromatic carbocycles. The van der Waals surface area contributed by atoms with Gasteiger partial charge in [-0.3, -0.25) is 9.59 Å². The highest BCUT2D eigenvalue weighted by atomic mass is 19.4. The zero-order valence-corrected chi connectivity index (χ0v) is 18.5. The Labute approximate surface area is 189 Å². The molecular formula is C25H25F3N2O3. The average molecular weight is 458 g/mol. The molecule has 1 aromatic heterocycles. The zero-order valence-electron chi connectivity index (χ0n) is 18.5. The average Bonchev–Trinajstić information content (AvgIpc) is 3.53. The van der Waals surface area contributed by atoms with E-state index >= 15 is 0 Å². The molecule has 33 heavy (non-hydrogen) atoms. The molecule has 5 nitrogen and oxygen atoms in total. The summed E-state index contributed by atoms with van der Waals surface area (Å²) in [7, 11) is 0. The number of alkyl halides is 3. The summed E-state index contributed by atoms with van der Waals surface area (Å²) in [6, 6.07) is 10.5. The minimum atomic E-state index is -4.46. The van der Waals surface area contributed by atoms with Crippen molar-refractivity contribution < 1.29 is 27.2 Å². The molecule has 3 aromatic rings. The van der Waals surface area contributed by atoms with E-state index in [9.17, 15) is 22.8 Å². The Morgan fingerprint density at radius 3 is 2.42 bits per heavy atom. The van der Waals surface area contributed by atoms with Gasteiger partial charge in [-0.05, 0) is 55.5 Å². The molecule has 1 N–H and O–H groups in total. The molecule has 1 fully saturated rings. The molecule has 4 rings (SSSR count). The molecule has 1 aliphatic rings. The van der Waals surface area contributed by atoms with Gasteiger partial charge in [-0.2, -0.15) is 13.2 Å². The van der Waals surface area contributed by atoms with Crippen LogP contribution >= 0.6 is 0 Å². The van der Waals surface area contributed by atoms with Crippen molar-refractivity contribution in [2.45, 2.75) is 51.9 Å². The molecule has 1 aliphatic carbocycles. The number of rotatable bonds is 7. The smallest absolute Gasteiger partial charge is 0.405 e. The first-order chi connectivity index (χ1) is 15.6. The molecule has 0 unspecified atom stereocenters. The Kier molecular flexibility index (Phi) is 6.19. The fourth-order valence-electron chi connectivity index (χ4n) is 3.84. The van der Waals surface area contributed by atoms with Crippen LogP contribution in [0.2, 0.25) is 0 Å². The second kappa shape index (κ2) is 8.92. The van der Waals surface area contributed by atoms with Crippen molar-refractivity contribution in [2.75, 3.05) is 6.54 Å². The lowest BCUT2D eigenvalue weighted by Crippen LogP contribution is -2.34. The number of furan rings is 1. The van der Waals surface area contributed by atoms with Crippen LogP contribution in [0.5, 0.6) is 0 Å². The van der Waals surface area contributed by atoms with Gasteiger partial charge in [-0.15, -0.1) is 0 Å². The Morgan fingerprint density at radius 2 is 1.79 bits per heavy atom. The minimum Gasteiger partial charge on any atom is -0.464 e. The quantitative estimate of drug-likeness (QED) is 0.537. The normalized spacial score (nSPS) is 13.8. The van der Waals surface area contributed by atoms with Crippen LogP contribution in [0.15, 0.2) is 47.1 Å². The number of hydrogen-bond donors (Lipinski definition) is 1. The maximum Gasteiger partial charge on any atom is 0.405 e. The second-order valence-corrected chi connectivity index (χ2v) is 8.57. The number of nitrogens with one attached hydrogen (secondary N) is 1. The van der Waals surface area contributed by atoms with E-state index in [1.165, 1.54) is 12.1 Å². The predicted octanol–water partition coefficient (Wildman–Crippen LogP) is 5.08. The number of benzene rings is 2. The van der Waals surface area contributed by atoms with Gasteiger partial charge >= 0.3 is 6.18 Å². The first-order valence-electron chi connectivity index (χ1n) is 10.8. The van der Waals surface area contributed by atoms with Crippen molar-refractivity contribution in [1.82, 2.24) is 10.2 Å². The number of carbonyl (C=O) groups excluding carboxylic acids is 2. The number of fused-ring (bicyclic) bond motifs is 1. The molecule has 0 bridgehead atoms. The Hall–Kier alpha value is -3.29. The fourth-order valence-corrected chi connectivity index (χ4v) is 3.84. The Morgan fingerprint density at radius 1 is 1.09 bits per heavy atom. The van der Waals surface area contributed by atoms with Gasteiger partial charge in [0.25, 0.3) is 5.91 Å². The summed E-state index contributed by atoms with van der Waals surface area (Å²) in [6.07, 6.45) is -0.709. The zero-order chi connectivity index (χ0) is 23.8. The second-order valence-electron chi connectivity index (χ2n) is 8.57. The first kappa shape index (κ1) is 22.9. The number of aryl methyl sites for hydroxylation is 2. The fraction of sp³-hybridized carbons (Fsp3) is 0.360. The van der Waals surface area contributed by atoms with Crippen molar-refractivity contribution in [3.63, 3.8) is 0 Å². The van der Waals surface area contributed by atoms with Crippen LogP contribution in [0.3, 0.4) is 0 Å². The maximum absolute atomic E-state index is 13.2. The Bertz CT molecular complexity index is 1180. The van der Waals surface area contributed by atoms with Crippen molar-refractivity contribution in [3.05, 3.63) is 70.5 Å². The SMILES string of the molecule is Cc1ccc2c(CC(=O)N(Cc3ccc(C(=O)NCC(F)(F)F)cc3)C3CC3)coc2c1C. The van der Waals surface area contributed by atoms with E-state index < -0.39 is 18.6 Å². The minimum absolute atomic E-state index is 0.00887. The van der Waals surface area contributed by atoms with E-state index in [1.807, 2.05) is 36.2 Å². The van der Waals surface area contributed by atoms with Crippen molar-refractivity contribution in [3.8, 4) is 0 Å². The van der Waals surface area contributed by atoms with E-state index in [1.54, 1.807) is 18.4 Å². The van der Waals surface area contributed by atoms with Crippen molar-refractivity contribution in [2.24, 2.45) is 0 Å². The predicted molar refractivity (Wildman–Crippen MR) is 118 cm³/mol. The summed E-state index contributed by atoms with van der Waals surface area (Å²) in [5.41, 5.74) is 4.79. The van der Waals surface area contributed by atoms with Gasteiger partial charge in [0, 0.05) is 29.1 Å². The third kappa shape index (κ3) is 5.38. The molecule has 0 spiro atoms. The third-order valence-corrected chi connectivity index (χ3v) is 6.01. The summed E-state index contributed by atoms with van der Waals surface area (Å²) >= 11 is 0. The summed E-state index contributed by atoms with van der Waals surface area (Å²) in [6.45, 7) is 3.01. The summed E-state index contributed by atoms with van der Waals surface area (Å²) in [4.78, 5) is 26.9. The third-order valence-electron chi connectivity index (χ3n) is 6.01. The lowest BCUT2D eigenvalue weighted by molar-refractivity contribution is -0.131. The molecule has 0 saturated heterocycles. The van der Waals surface area contributed by atoms with Crippen LogP contribution in [0.25, 0.3) is 11.0 Å². The van der Waals surface area contributed by atoms with Crippen molar-refractivity contribution >= 4 is 22.8 Å². The van der Waals surface area contributed by atoms with Crippen LogP contribution < -0.4 is 5.32 Å². The van der Waals surface area contributed by atoms with Crippen LogP contribution in [-0.4, -0.2) is 35.5 Å². The van der Waals surface area contributed by atoms with Gasteiger partial charge in [0.05, 0.1) is 12.7 Å². The van der Waals surface area contributed by atoms with E-state index in [-0.39, 0.29) is 23.9 Å². The number of hydrogen-bond acceptors (Lipinski definition) is 3. The molecule has 0 aliphatic heterocycles. The summed E-state index contributed by atoms with van der Waals surface area (Å²) in [5, 5.41) is 2.80. The summed E-state index contributed by atoms with van der Waals surface area (Å²) in [5.74, 6) is -0.795. The highest BCUT2D eigenvalue weighted by Crippen LogP contribution is 2.31. The maximum atomic E-state index is 13.2.